The summed E-state index contributed by atoms with van der Waals surface area (Å²) in [6, 6.07) is 0. The number of hydrogen-bond acceptors (Lipinski definition) is 8. The van der Waals surface area contributed by atoms with Crippen LogP contribution in [0.2, 0.25) is 0 Å². The molecule has 3 heterocycles. The van der Waals surface area contributed by atoms with Crippen LogP contribution in [0.3, 0.4) is 0 Å². The Balaban J connectivity index is 1.47. The monoisotopic (exact) mass is 350 g/mol. The Kier molecular flexibility index (Phi) is 5.29. The van der Waals surface area contributed by atoms with Crippen molar-refractivity contribution in [2.24, 2.45) is 5.73 Å². The first kappa shape index (κ1) is 17.5. The van der Waals surface area contributed by atoms with E-state index in [-0.39, 0.29) is 5.41 Å². The Labute approximate surface area is 146 Å². The third kappa shape index (κ3) is 4.38. The van der Waals surface area contributed by atoms with Gasteiger partial charge in [0.15, 0.2) is 5.82 Å². The van der Waals surface area contributed by atoms with Gasteiger partial charge in [-0.2, -0.15) is 4.98 Å². The van der Waals surface area contributed by atoms with Gasteiger partial charge in [-0.25, -0.2) is 4.98 Å². The van der Waals surface area contributed by atoms with Crippen LogP contribution in [0.25, 0.3) is 0 Å². The first-order valence-corrected chi connectivity index (χ1v) is 9.23. The zero-order chi connectivity index (χ0) is 17.2. The van der Waals surface area contributed by atoms with Gasteiger partial charge >= 0.3 is 0 Å². The Morgan fingerprint density at radius 3 is 2.33 bits per heavy atom. The first-order valence-electron chi connectivity index (χ1n) is 8.35. The summed E-state index contributed by atoms with van der Waals surface area (Å²) in [5, 5.41) is 7.37. The fraction of sp³-hybridized carbons (Fsp3) is 0.688. The Hall–Kier alpha value is -1.35. The summed E-state index contributed by atoms with van der Waals surface area (Å²) in [5.41, 5.74) is 6.81. The van der Waals surface area contributed by atoms with E-state index in [2.05, 4.69) is 46.1 Å². The average molecular weight is 350 g/mol. The van der Waals surface area contributed by atoms with Gasteiger partial charge in [0.25, 0.3) is 0 Å². The van der Waals surface area contributed by atoms with E-state index in [1.165, 1.54) is 10.7 Å². The number of thiazole rings is 1. The molecule has 0 saturated carbocycles. The SMILES string of the molecule is CC(C)(C)c1nc(CN2CCN(Cc3noc(CN)n3)CC2)cs1. The van der Waals surface area contributed by atoms with Gasteiger partial charge in [-0.05, 0) is 0 Å². The minimum atomic E-state index is 0.134. The molecular formula is C16H26N6OS. The van der Waals surface area contributed by atoms with E-state index in [4.69, 9.17) is 15.2 Å². The van der Waals surface area contributed by atoms with E-state index in [9.17, 15) is 0 Å². The predicted molar refractivity (Wildman–Crippen MR) is 93.6 cm³/mol. The molecule has 0 atom stereocenters. The fourth-order valence-corrected chi connectivity index (χ4v) is 3.59. The number of aromatic nitrogens is 3. The van der Waals surface area contributed by atoms with Crippen molar-refractivity contribution in [2.75, 3.05) is 26.2 Å². The van der Waals surface area contributed by atoms with Gasteiger partial charge in [-0.15, -0.1) is 11.3 Å². The summed E-state index contributed by atoms with van der Waals surface area (Å²) in [6.07, 6.45) is 0. The van der Waals surface area contributed by atoms with E-state index in [0.717, 1.165) is 45.1 Å². The highest BCUT2D eigenvalue weighted by Crippen LogP contribution is 2.26. The molecule has 7 nitrogen and oxygen atoms in total. The zero-order valence-corrected chi connectivity index (χ0v) is 15.5. The molecule has 0 bridgehead atoms. The van der Waals surface area contributed by atoms with Crippen LogP contribution in [0.5, 0.6) is 0 Å². The molecule has 2 N–H and O–H groups in total. The molecule has 132 valence electrons. The molecule has 2 aromatic rings. The van der Waals surface area contributed by atoms with Crippen LogP contribution in [-0.2, 0) is 25.0 Å². The fourth-order valence-electron chi connectivity index (χ4n) is 2.70. The lowest BCUT2D eigenvalue weighted by Gasteiger charge is -2.33. The standard InChI is InChI=1S/C16H26N6OS/c1-16(2,3)15-18-12(11-24-15)9-21-4-6-22(7-5-21)10-13-19-14(8-17)23-20-13/h11H,4-10,17H2,1-3H3. The van der Waals surface area contributed by atoms with Gasteiger partial charge in [-0.1, -0.05) is 25.9 Å². The number of rotatable bonds is 5. The van der Waals surface area contributed by atoms with Crippen molar-refractivity contribution >= 4 is 11.3 Å². The molecule has 1 aliphatic heterocycles. The molecular weight excluding hydrogens is 324 g/mol. The molecule has 1 saturated heterocycles. The van der Waals surface area contributed by atoms with Crippen molar-refractivity contribution in [3.8, 4) is 0 Å². The highest BCUT2D eigenvalue weighted by atomic mass is 32.1. The minimum absolute atomic E-state index is 0.134. The quantitative estimate of drug-likeness (QED) is 0.877. The van der Waals surface area contributed by atoms with Gasteiger partial charge in [0.1, 0.15) is 0 Å². The molecule has 3 rings (SSSR count). The smallest absolute Gasteiger partial charge is 0.240 e. The topological polar surface area (TPSA) is 84.3 Å². The van der Waals surface area contributed by atoms with Crippen LogP contribution in [0.1, 0.15) is 43.2 Å². The van der Waals surface area contributed by atoms with Gasteiger partial charge < -0.3 is 10.3 Å². The molecule has 0 amide bonds. The molecule has 0 radical (unpaired) electrons. The van der Waals surface area contributed by atoms with Crippen molar-refractivity contribution in [1.82, 2.24) is 24.9 Å². The molecule has 0 aliphatic carbocycles. The summed E-state index contributed by atoms with van der Waals surface area (Å²) in [6.45, 7) is 12.7. The molecule has 0 aromatic carbocycles. The molecule has 0 spiro atoms. The normalized spacial score (nSPS) is 17.5. The van der Waals surface area contributed by atoms with Crippen LogP contribution < -0.4 is 5.73 Å². The summed E-state index contributed by atoms with van der Waals surface area (Å²) < 4.78 is 5.05. The van der Waals surface area contributed by atoms with Gasteiger partial charge in [0, 0.05) is 43.5 Å². The van der Waals surface area contributed by atoms with E-state index in [1.807, 2.05) is 0 Å². The summed E-state index contributed by atoms with van der Waals surface area (Å²) in [7, 11) is 0. The summed E-state index contributed by atoms with van der Waals surface area (Å²) in [4.78, 5) is 13.9. The molecule has 24 heavy (non-hydrogen) atoms. The lowest BCUT2D eigenvalue weighted by molar-refractivity contribution is 0.118. The first-order chi connectivity index (χ1) is 11.4. The average Bonchev–Trinajstić information content (AvgIpc) is 3.18. The lowest BCUT2D eigenvalue weighted by atomic mass is 9.98. The second kappa shape index (κ2) is 7.26. The van der Waals surface area contributed by atoms with Crippen molar-refractivity contribution in [2.45, 2.75) is 45.8 Å². The Bertz CT molecular complexity index is 654. The maximum atomic E-state index is 5.49. The van der Waals surface area contributed by atoms with Crippen LogP contribution in [0.4, 0.5) is 0 Å². The lowest BCUT2D eigenvalue weighted by Crippen LogP contribution is -2.45. The molecule has 0 unspecified atom stereocenters. The minimum Gasteiger partial charge on any atom is -0.338 e. The number of piperazine rings is 1. The van der Waals surface area contributed by atoms with Crippen molar-refractivity contribution in [1.29, 1.82) is 0 Å². The largest absolute Gasteiger partial charge is 0.338 e. The van der Waals surface area contributed by atoms with E-state index in [0.29, 0.717) is 12.4 Å². The summed E-state index contributed by atoms with van der Waals surface area (Å²) >= 11 is 1.77. The number of hydrogen-bond donors (Lipinski definition) is 1. The van der Waals surface area contributed by atoms with Crippen LogP contribution in [-0.4, -0.2) is 51.1 Å². The third-order valence-electron chi connectivity index (χ3n) is 4.09. The van der Waals surface area contributed by atoms with E-state index >= 15 is 0 Å². The van der Waals surface area contributed by atoms with E-state index < -0.39 is 0 Å². The third-order valence-corrected chi connectivity index (χ3v) is 5.41. The highest BCUT2D eigenvalue weighted by molar-refractivity contribution is 7.09. The highest BCUT2D eigenvalue weighted by Gasteiger charge is 2.21. The Morgan fingerprint density at radius 2 is 1.79 bits per heavy atom. The van der Waals surface area contributed by atoms with Crippen LogP contribution >= 0.6 is 11.3 Å². The molecule has 2 aromatic heterocycles. The maximum absolute atomic E-state index is 5.49. The number of nitrogens with zero attached hydrogens (tertiary/aromatic N) is 5. The van der Waals surface area contributed by atoms with E-state index in [1.54, 1.807) is 11.3 Å². The Morgan fingerprint density at radius 1 is 1.12 bits per heavy atom. The second-order valence-corrected chi connectivity index (χ2v) is 8.11. The molecule has 8 heteroatoms. The maximum Gasteiger partial charge on any atom is 0.240 e. The van der Waals surface area contributed by atoms with Crippen molar-refractivity contribution < 1.29 is 4.52 Å². The zero-order valence-electron chi connectivity index (χ0n) is 14.7. The molecule has 1 aliphatic rings. The van der Waals surface area contributed by atoms with Gasteiger partial charge in [0.2, 0.25) is 5.89 Å². The van der Waals surface area contributed by atoms with Crippen molar-refractivity contribution in [3.63, 3.8) is 0 Å². The number of nitrogens with two attached hydrogens (primary N) is 1. The predicted octanol–water partition coefficient (Wildman–Crippen LogP) is 1.60. The van der Waals surface area contributed by atoms with Crippen LogP contribution in [0, 0.1) is 0 Å². The van der Waals surface area contributed by atoms with Crippen molar-refractivity contribution in [3.05, 3.63) is 27.8 Å². The molecule has 1 fully saturated rings. The van der Waals surface area contributed by atoms with Crippen LogP contribution in [0.15, 0.2) is 9.90 Å². The summed E-state index contributed by atoms with van der Waals surface area (Å²) in [5.74, 6) is 1.22. The second-order valence-electron chi connectivity index (χ2n) is 7.25. The van der Waals surface area contributed by atoms with Gasteiger partial charge in [0.05, 0.1) is 23.8 Å². The van der Waals surface area contributed by atoms with Gasteiger partial charge in [-0.3, -0.25) is 9.80 Å².